The number of benzene rings is 1. The van der Waals surface area contributed by atoms with Crippen molar-refractivity contribution in [1.82, 2.24) is 24.6 Å². The third kappa shape index (κ3) is 4.82. The van der Waals surface area contributed by atoms with E-state index in [-0.39, 0.29) is 17.9 Å². The van der Waals surface area contributed by atoms with Crippen LogP contribution in [-0.2, 0) is 9.59 Å². The molecule has 8 heteroatoms. The van der Waals surface area contributed by atoms with E-state index in [0.29, 0.717) is 26.2 Å². The van der Waals surface area contributed by atoms with Gasteiger partial charge in [-0.15, -0.1) is 11.3 Å². The Balaban J connectivity index is 1.25. The lowest BCUT2D eigenvalue weighted by Gasteiger charge is -2.36. The number of likely N-dealkylation sites (tertiary alicyclic amines) is 1. The highest BCUT2D eigenvalue weighted by atomic mass is 32.1. The molecule has 0 saturated carbocycles. The van der Waals surface area contributed by atoms with E-state index in [9.17, 15) is 9.59 Å². The Kier molecular flexibility index (Phi) is 6.65. The summed E-state index contributed by atoms with van der Waals surface area (Å²) in [5.41, 5.74) is 1.02. The first-order valence-corrected chi connectivity index (χ1v) is 11.7. The van der Waals surface area contributed by atoms with Gasteiger partial charge < -0.3 is 9.80 Å². The average Bonchev–Trinajstić information content (AvgIpc) is 3.43. The predicted octanol–water partition coefficient (Wildman–Crippen LogP) is 2.06. The van der Waals surface area contributed by atoms with E-state index in [4.69, 9.17) is 4.98 Å². The van der Waals surface area contributed by atoms with Crippen LogP contribution in [0.4, 0.5) is 0 Å². The minimum atomic E-state index is 0.0886. The van der Waals surface area contributed by atoms with E-state index < -0.39 is 0 Å². The molecule has 2 amide bonds. The van der Waals surface area contributed by atoms with Crippen LogP contribution in [0.5, 0.6) is 0 Å². The molecule has 0 radical (unpaired) electrons. The van der Waals surface area contributed by atoms with Crippen molar-refractivity contribution in [2.24, 2.45) is 0 Å². The minimum absolute atomic E-state index is 0.0886. The Morgan fingerprint density at radius 2 is 1.70 bits per heavy atom. The van der Waals surface area contributed by atoms with Crippen LogP contribution in [0.15, 0.2) is 24.3 Å². The van der Waals surface area contributed by atoms with Gasteiger partial charge in [0.05, 0.1) is 29.3 Å². The maximum absolute atomic E-state index is 12.8. The molecule has 2 aromatic rings. The molecule has 0 bridgehead atoms. The summed E-state index contributed by atoms with van der Waals surface area (Å²) in [6.45, 7) is 7.68. The number of rotatable bonds is 6. The standard InChI is InChI=1S/C22H31N5O2S/c1-17(22-23-18-7-3-4-8-19(18)30-22)24(2)15-20(28)27-13-11-25(12-14-27)16-21(29)26-9-5-6-10-26/h3-4,7-8,17H,5-6,9-16H2,1-2H3. The van der Waals surface area contributed by atoms with E-state index in [1.54, 1.807) is 11.3 Å². The number of aromatic nitrogens is 1. The van der Waals surface area contributed by atoms with Crippen molar-refractivity contribution in [3.63, 3.8) is 0 Å². The number of amides is 2. The molecule has 4 rings (SSSR count). The first-order chi connectivity index (χ1) is 14.5. The van der Waals surface area contributed by atoms with Crippen molar-refractivity contribution >= 4 is 33.4 Å². The van der Waals surface area contributed by atoms with Gasteiger partial charge in [0, 0.05) is 39.3 Å². The second-order valence-corrected chi connectivity index (χ2v) is 9.42. The van der Waals surface area contributed by atoms with Crippen LogP contribution < -0.4 is 0 Å². The highest BCUT2D eigenvalue weighted by Gasteiger charge is 2.27. The molecule has 1 aromatic heterocycles. The summed E-state index contributed by atoms with van der Waals surface area (Å²) < 4.78 is 1.18. The molecule has 2 aliphatic rings. The lowest BCUT2D eigenvalue weighted by Crippen LogP contribution is -2.53. The lowest BCUT2D eigenvalue weighted by atomic mass is 10.2. The molecule has 30 heavy (non-hydrogen) atoms. The number of fused-ring (bicyclic) bond motifs is 1. The summed E-state index contributed by atoms with van der Waals surface area (Å²) in [7, 11) is 1.99. The Labute approximate surface area is 182 Å². The fourth-order valence-electron chi connectivity index (χ4n) is 4.12. The van der Waals surface area contributed by atoms with Crippen LogP contribution in [0, 0.1) is 0 Å². The van der Waals surface area contributed by atoms with Gasteiger partial charge in [-0.3, -0.25) is 19.4 Å². The first-order valence-electron chi connectivity index (χ1n) is 10.8. The quantitative estimate of drug-likeness (QED) is 0.704. The largest absolute Gasteiger partial charge is 0.342 e. The maximum atomic E-state index is 12.8. The number of likely N-dealkylation sites (N-methyl/N-ethyl adjacent to an activating group) is 1. The molecule has 0 aliphatic carbocycles. The number of hydrogen-bond donors (Lipinski definition) is 0. The van der Waals surface area contributed by atoms with E-state index in [1.807, 2.05) is 35.0 Å². The van der Waals surface area contributed by atoms with Crippen molar-refractivity contribution in [2.75, 3.05) is 59.4 Å². The molecule has 1 unspecified atom stereocenters. The normalized spacial score (nSPS) is 19.0. The molecule has 0 N–H and O–H groups in total. The summed E-state index contributed by atoms with van der Waals surface area (Å²) in [4.78, 5) is 38.1. The Morgan fingerprint density at radius 1 is 1.03 bits per heavy atom. The van der Waals surface area contributed by atoms with Crippen molar-refractivity contribution < 1.29 is 9.59 Å². The van der Waals surface area contributed by atoms with Gasteiger partial charge in [-0.1, -0.05) is 12.1 Å². The molecule has 3 heterocycles. The van der Waals surface area contributed by atoms with E-state index in [1.165, 1.54) is 4.70 Å². The third-order valence-corrected chi connectivity index (χ3v) is 7.46. The topological polar surface area (TPSA) is 60.0 Å². The van der Waals surface area contributed by atoms with Crippen LogP contribution in [0.3, 0.4) is 0 Å². The molecular weight excluding hydrogens is 398 g/mol. The zero-order valence-corrected chi connectivity index (χ0v) is 18.7. The van der Waals surface area contributed by atoms with E-state index in [2.05, 4.69) is 22.8 Å². The van der Waals surface area contributed by atoms with Crippen molar-refractivity contribution in [3.8, 4) is 0 Å². The maximum Gasteiger partial charge on any atom is 0.236 e. The highest BCUT2D eigenvalue weighted by Crippen LogP contribution is 2.28. The van der Waals surface area contributed by atoms with Gasteiger partial charge in [0.15, 0.2) is 0 Å². The summed E-state index contributed by atoms with van der Waals surface area (Å²) >= 11 is 1.69. The van der Waals surface area contributed by atoms with Gasteiger partial charge in [0.25, 0.3) is 0 Å². The second-order valence-electron chi connectivity index (χ2n) is 8.36. The van der Waals surface area contributed by atoms with Crippen molar-refractivity contribution in [3.05, 3.63) is 29.3 Å². The zero-order chi connectivity index (χ0) is 21.1. The SMILES string of the molecule is CC(c1nc2ccccc2s1)N(C)CC(=O)N1CCN(CC(=O)N2CCCC2)CC1. The molecule has 1 aromatic carbocycles. The van der Waals surface area contributed by atoms with Gasteiger partial charge in [-0.25, -0.2) is 4.98 Å². The van der Waals surface area contributed by atoms with Crippen LogP contribution in [0.1, 0.15) is 30.8 Å². The van der Waals surface area contributed by atoms with Gasteiger partial charge in [0.2, 0.25) is 11.8 Å². The van der Waals surface area contributed by atoms with E-state index in [0.717, 1.165) is 49.5 Å². The summed E-state index contributed by atoms with van der Waals surface area (Å²) in [6, 6.07) is 8.23. The molecule has 2 fully saturated rings. The molecule has 0 spiro atoms. The number of hydrogen-bond acceptors (Lipinski definition) is 6. The third-order valence-electron chi connectivity index (χ3n) is 6.26. The smallest absolute Gasteiger partial charge is 0.236 e. The monoisotopic (exact) mass is 429 g/mol. The van der Waals surface area contributed by atoms with Crippen LogP contribution in [-0.4, -0.2) is 95.8 Å². The zero-order valence-electron chi connectivity index (χ0n) is 17.9. The van der Waals surface area contributed by atoms with Crippen LogP contribution in [0.2, 0.25) is 0 Å². The first kappa shape index (κ1) is 21.2. The second kappa shape index (κ2) is 9.41. The van der Waals surface area contributed by atoms with Crippen LogP contribution >= 0.6 is 11.3 Å². The Hall–Kier alpha value is -2.03. The summed E-state index contributed by atoms with van der Waals surface area (Å²) in [5.74, 6) is 0.382. The number of thiazole rings is 1. The molecule has 1 atom stereocenters. The average molecular weight is 430 g/mol. The van der Waals surface area contributed by atoms with Gasteiger partial charge in [-0.2, -0.15) is 0 Å². The minimum Gasteiger partial charge on any atom is -0.342 e. The summed E-state index contributed by atoms with van der Waals surface area (Å²) in [6.07, 6.45) is 2.24. The number of carbonyl (C=O) groups excluding carboxylic acids is 2. The number of piperazine rings is 1. The number of nitrogens with zero attached hydrogens (tertiary/aromatic N) is 5. The lowest BCUT2D eigenvalue weighted by molar-refractivity contribution is -0.135. The fraction of sp³-hybridized carbons (Fsp3) is 0.591. The molecule has 2 saturated heterocycles. The van der Waals surface area contributed by atoms with E-state index >= 15 is 0 Å². The van der Waals surface area contributed by atoms with Crippen molar-refractivity contribution in [2.45, 2.75) is 25.8 Å². The van der Waals surface area contributed by atoms with Gasteiger partial charge in [0.1, 0.15) is 5.01 Å². The fourth-order valence-corrected chi connectivity index (χ4v) is 5.21. The van der Waals surface area contributed by atoms with Gasteiger partial charge in [-0.05, 0) is 38.9 Å². The number of carbonyl (C=O) groups is 2. The molecule has 7 nitrogen and oxygen atoms in total. The summed E-state index contributed by atoms with van der Waals surface area (Å²) in [5, 5.41) is 1.04. The van der Waals surface area contributed by atoms with Crippen molar-refractivity contribution in [1.29, 1.82) is 0 Å². The molecule has 2 aliphatic heterocycles. The molecule has 162 valence electrons. The van der Waals surface area contributed by atoms with Gasteiger partial charge >= 0.3 is 0 Å². The Bertz CT molecular complexity index is 854. The highest BCUT2D eigenvalue weighted by molar-refractivity contribution is 7.18. The number of para-hydroxylation sites is 1. The molecular formula is C22H31N5O2S. The Morgan fingerprint density at radius 3 is 2.40 bits per heavy atom. The van der Waals surface area contributed by atoms with Crippen LogP contribution in [0.25, 0.3) is 10.2 Å². The predicted molar refractivity (Wildman–Crippen MR) is 119 cm³/mol.